The van der Waals surface area contributed by atoms with Gasteiger partial charge in [0.05, 0.1) is 26.4 Å². The first-order valence-corrected chi connectivity index (χ1v) is 44.8. The van der Waals surface area contributed by atoms with Crippen molar-refractivity contribution in [3.05, 3.63) is 85.1 Å². The van der Waals surface area contributed by atoms with Crippen molar-refractivity contribution in [1.82, 2.24) is 0 Å². The van der Waals surface area contributed by atoms with Gasteiger partial charge in [-0.05, 0) is 103 Å². The fourth-order valence-electron chi connectivity index (χ4n) is 11.5. The maximum absolute atomic E-state index is 13.1. The highest BCUT2D eigenvalue weighted by Crippen LogP contribution is 2.45. The van der Waals surface area contributed by atoms with Crippen LogP contribution in [0.5, 0.6) is 0 Å². The van der Waals surface area contributed by atoms with Crippen LogP contribution in [0, 0.1) is 0 Å². The number of carbonyl (C=O) groups excluding carboxylic acids is 4. The molecule has 0 rings (SSSR count). The summed E-state index contributed by atoms with van der Waals surface area (Å²) < 4.78 is 68.7. The molecular formula is C85H152O17P2. The monoisotopic (exact) mass is 1510 g/mol. The van der Waals surface area contributed by atoms with E-state index in [1.54, 1.807) is 0 Å². The fourth-order valence-corrected chi connectivity index (χ4v) is 13.1. The maximum Gasteiger partial charge on any atom is 0.472 e. The molecule has 0 radical (unpaired) electrons. The minimum atomic E-state index is -4.98. The molecule has 19 heteroatoms. The van der Waals surface area contributed by atoms with Crippen LogP contribution in [0.1, 0.15) is 374 Å². The van der Waals surface area contributed by atoms with Crippen molar-refractivity contribution in [2.75, 3.05) is 39.6 Å². The lowest BCUT2D eigenvalue weighted by atomic mass is 10.0. The van der Waals surface area contributed by atoms with Gasteiger partial charge in [0.2, 0.25) is 0 Å². The molecule has 604 valence electrons. The Kier molecular flexibility index (Phi) is 74.6. The second kappa shape index (κ2) is 77.4. The van der Waals surface area contributed by atoms with Gasteiger partial charge in [-0.3, -0.25) is 37.3 Å². The number of esters is 4. The van der Waals surface area contributed by atoms with Crippen LogP contribution >= 0.6 is 15.6 Å². The summed E-state index contributed by atoms with van der Waals surface area (Å²) in [6, 6.07) is 0. The minimum absolute atomic E-state index is 0.0918. The van der Waals surface area contributed by atoms with E-state index in [0.717, 1.165) is 148 Å². The molecule has 0 aliphatic carbocycles. The molecule has 0 fully saturated rings. The number of carbonyl (C=O) groups is 4. The van der Waals surface area contributed by atoms with Crippen molar-refractivity contribution in [3.63, 3.8) is 0 Å². The van der Waals surface area contributed by atoms with Crippen LogP contribution in [0.25, 0.3) is 0 Å². The van der Waals surface area contributed by atoms with Crippen LogP contribution in [0.4, 0.5) is 0 Å². The van der Waals surface area contributed by atoms with Gasteiger partial charge < -0.3 is 33.8 Å². The lowest BCUT2D eigenvalue weighted by molar-refractivity contribution is -0.161. The van der Waals surface area contributed by atoms with Gasteiger partial charge in [-0.1, -0.05) is 331 Å². The zero-order chi connectivity index (χ0) is 76.0. The van der Waals surface area contributed by atoms with E-state index < -0.39 is 97.5 Å². The molecule has 17 nitrogen and oxygen atoms in total. The molecule has 0 aromatic rings. The molecule has 0 aromatic carbocycles. The lowest BCUT2D eigenvalue weighted by Gasteiger charge is -2.21. The van der Waals surface area contributed by atoms with Gasteiger partial charge >= 0.3 is 39.5 Å². The summed E-state index contributed by atoms with van der Waals surface area (Å²) in [6.07, 6.45) is 81.2. The third-order valence-electron chi connectivity index (χ3n) is 17.9. The predicted octanol–water partition coefficient (Wildman–Crippen LogP) is 24.6. The van der Waals surface area contributed by atoms with E-state index in [1.807, 2.05) is 0 Å². The van der Waals surface area contributed by atoms with Crippen LogP contribution in [-0.2, 0) is 65.4 Å². The molecular weight excluding hydrogens is 1350 g/mol. The van der Waals surface area contributed by atoms with E-state index in [4.69, 9.17) is 37.0 Å². The number of aliphatic hydroxyl groups is 1. The normalized spacial score (nSPS) is 14.3. The smallest absolute Gasteiger partial charge is 0.462 e. The van der Waals surface area contributed by atoms with Crippen LogP contribution in [0.3, 0.4) is 0 Å². The summed E-state index contributed by atoms with van der Waals surface area (Å²) in [5, 5.41) is 10.7. The highest BCUT2D eigenvalue weighted by Gasteiger charge is 2.30. The largest absolute Gasteiger partial charge is 0.472 e. The zero-order valence-corrected chi connectivity index (χ0v) is 68.0. The number of phosphoric ester groups is 2. The summed E-state index contributed by atoms with van der Waals surface area (Å²) in [5.41, 5.74) is 0. The van der Waals surface area contributed by atoms with Crippen LogP contribution in [0.15, 0.2) is 85.1 Å². The summed E-state index contributed by atoms with van der Waals surface area (Å²) in [7, 11) is -9.96. The number of hydrogen-bond donors (Lipinski definition) is 3. The molecule has 3 N–H and O–H groups in total. The minimum Gasteiger partial charge on any atom is -0.462 e. The maximum atomic E-state index is 13.1. The Hall–Kier alpha value is -3.76. The Morgan fingerprint density at radius 1 is 0.279 bits per heavy atom. The molecule has 0 aliphatic rings. The molecule has 0 aromatic heterocycles. The second-order valence-corrected chi connectivity index (χ2v) is 31.0. The van der Waals surface area contributed by atoms with E-state index in [1.165, 1.54) is 148 Å². The second-order valence-electron chi connectivity index (χ2n) is 28.1. The number of aliphatic hydroxyl groups excluding tert-OH is 1. The molecule has 0 heterocycles. The number of ether oxygens (including phenoxy) is 4. The molecule has 0 saturated carbocycles. The van der Waals surface area contributed by atoms with E-state index >= 15 is 0 Å². The van der Waals surface area contributed by atoms with E-state index in [-0.39, 0.29) is 25.7 Å². The summed E-state index contributed by atoms with van der Waals surface area (Å²) in [4.78, 5) is 73.1. The molecule has 0 aliphatic heterocycles. The fraction of sp³-hybridized carbons (Fsp3) is 0.788. The topological polar surface area (TPSA) is 237 Å². The lowest BCUT2D eigenvalue weighted by Crippen LogP contribution is -2.30. The summed E-state index contributed by atoms with van der Waals surface area (Å²) in [5.74, 6) is -2.19. The average Bonchev–Trinajstić information content (AvgIpc) is 0.918. The van der Waals surface area contributed by atoms with Gasteiger partial charge in [0, 0.05) is 25.7 Å². The SMILES string of the molecule is CC/C=C\C/C=C\C/C=C\C/C=C\C/C=C\CCCCCC(=O)OC[C@H](COP(=O)(O)OC[C@@H](O)COP(=O)(O)OC[C@@H](COC(=O)CCCCCCC/C=C\C/C=C\CCCCC)OC(=O)CCCCCCCCCCCCCCCCC)OC(=O)CCCCCCCCCCCCCCCCC. The van der Waals surface area contributed by atoms with Crippen molar-refractivity contribution in [3.8, 4) is 0 Å². The van der Waals surface area contributed by atoms with Gasteiger partial charge in [-0.2, -0.15) is 0 Å². The van der Waals surface area contributed by atoms with Gasteiger partial charge in [-0.25, -0.2) is 9.13 Å². The first kappa shape index (κ1) is 100. The molecule has 0 bridgehead atoms. The van der Waals surface area contributed by atoms with E-state index in [2.05, 4.69) is 113 Å². The van der Waals surface area contributed by atoms with Crippen molar-refractivity contribution in [2.45, 2.75) is 393 Å². The summed E-state index contributed by atoms with van der Waals surface area (Å²) in [6.45, 7) is 4.77. The molecule has 5 atom stereocenters. The number of unbranched alkanes of at least 4 members (excludes halogenated alkanes) is 39. The Balaban J connectivity index is 5.37. The van der Waals surface area contributed by atoms with Crippen molar-refractivity contribution in [1.29, 1.82) is 0 Å². The third-order valence-corrected chi connectivity index (χ3v) is 19.8. The molecule has 0 amide bonds. The van der Waals surface area contributed by atoms with Gasteiger partial charge in [0.25, 0.3) is 0 Å². The van der Waals surface area contributed by atoms with Crippen molar-refractivity contribution >= 4 is 39.5 Å². The Morgan fingerprint density at radius 3 is 0.798 bits per heavy atom. The quantitative estimate of drug-likeness (QED) is 0.0169. The number of allylic oxidation sites excluding steroid dienone is 14. The van der Waals surface area contributed by atoms with Crippen LogP contribution < -0.4 is 0 Å². The molecule has 104 heavy (non-hydrogen) atoms. The summed E-state index contributed by atoms with van der Waals surface area (Å²) >= 11 is 0. The van der Waals surface area contributed by atoms with E-state index in [9.17, 15) is 43.2 Å². The van der Waals surface area contributed by atoms with E-state index in [0.29, 0.717) is 25.7 Å². The molecule has 0 saturated heterocycles. The van der Waals surface area contributed by atoms with Gasteiger partial charge in [0.15, 0.2) is 12.2 Å². The number of rotatable bonds is 79. The predicted molar refractivity (Wildman–Crippen MR) is 427 cm³/mol. The standard InChI is InChI=1S/C85H152O17P2/c1-5-9-13-17-21-25-29-33-37-38-39-40-44-46-50-54-58-62-66-70-83(88)96-76-81(102-85(90)72-68-64-60-56-52-48-43-36-32-28-24-20-16-12-8-4)78-100-104(93,94)98-74-79(86)73-97-103(91,92)99-77-80(101-84(89)71-67-63-59-55-51-47-42-35-31-27-23-19-15-11-7-3)75-95-82(87)69-65-61-57-53-49-45-41-34-30-26-22-18-14-10-6-2/h9,13,21-22,25-26,33-34,37,39-41,46,50,79-81,86H,5-8,10-12,14-20,23-24,27-32,35-36,38,42-45,47-49,51-78H2,1-4H3,(H,91,92)(H,93,94)/b13-9-,25-21-,26-22-,37-33-,40-39-,41-34-,50-46-/t79-,80+,81+/m0/s1. The zero-order valence-electron chi connectivity index (χ0n) is 66.2. The van der Waals surface area contributed by atoms with Crippen LogP contribution in [0.2, 0.25) is 0 Å². The Morgan fingerprint density at radius 2 is 0.500 bits per heavy atom. The van der Waals surface area contributed by atoms with Crippen molar-refractivity contribution in [2.24, 2.45) is 0 Å². The highest BCUT2D eigenvalue weighted by molar-refractivity contribution is 7.47. The van der Waals surface area contributed by atoms with Crippen molar-refractivity contribution < 1.29 is 80.2 Å². The Labute approximate surface area is 634 Å². The average molecular weight is 1510 g/mol. The first-order chi connectivity index (χ1) is 50.7. The number of phosphoric acid groups is 2. The molecule has 2 unspecified atom stereocenters. The third kappa shape index (κ3) is 76.4. The highest BCUT2D eigenvalue weighted by atomic mass is 31.2. The van der Waals surface area contributed by atoms with Gasteiger partial charge in [-0.15, -0.1) is 0 Å². The van der Waals surface area contributed by atoms with Gasteiger partial charge in [0.1, 0.15) is 19.3 Å². The van der Waals surface area contributed by atoms with Crippen LogP contribution in [-0.4, -0.2) is 96.7 Å². The first-order valence-electron chi connectivity index (χ1n) is 41.8. The molecule has 0 spiro atoms. The number of hydrogen-bond acceptors (Lipinski definition) is 15. The Bertz CT molecular complexity index is 2300.